The van der Waals surface area contributed by atoms with Gasteiger partial charge in [-0.1, -0.05) is 48.5 Å². The topological polar surface area (TPSA) is 26.3 Å². The van der Waals surface area contributed by atoms with Gasteiger partial charge in [-0.2, -0.15) is 0 Å². The molecule has 0 radical (unpaired) electrons. The van der Waals surface area contributed by atoms with Crippen LogP contribution in [0.2, 0.25) is 0 Å². The lowest BCUT2D eigenvalue weighted by molar-refractivity contribution is -0.162. The summed E-state index contributed by atoms with van der Waals surface area (Å²) in [5.74, 6) is -0.370. The van der Waals surface area contributed by atoms with Crippen molar-refractivity contribution >= 4 is 5.97 Å². The molecule has 0 spiro atoms. The number of ether oxygens (including phenoxy) is 1. The predicted octanol–water partition coefficient (Wildman–Crippen LogP) is 4.38. The van der Waals surface area contributed by atoms with Crippen LogP contribution >= 0.6 is 0 Å². The third-order valence-corrected chi connectivity index (χ3v) is 3.43. The van der Waals surface area contributed by atoms with Crippen LogP contribution in [0, 0.1) is 16.7 Å². The first-order valence-corrected chi connectivity index (χ1v) is 6.64. The molecule has 3 heteroatoms. The standard InChI is InChI=1S/C15H29FO2/c1-11(2)14(6,7)10-18-12(17)15(8,16)9-13(3,4)5/h11H,9-10H2,1-8H3. The molecule has 2 nitrogen and oxygen atoms in total. The SMILES string of the molecule is CC(C)C(C)(C)COC(=O)C(C)(F)CC(C)(C)C. The molecule has 0 saturated carbocycles. The molecule has 18 heavy (non-hydrogen) atoms. The van der Waals surface area contributed by atoms with Crippen molar-refractivity contribution < 1.29 is 13.9 Å². The van der Waals surface area contributed by atoms with Crippen molar-refractivity contribution in [1.82, 2.24) is 0 Å². The third kappa shape index (κ3) is 5.83. The molecule has 0 aliphatic rings. The van der Waals surface area contributed by atoms with E-state index in [1.165, 1.54) is 6.92 Å². The first-order chi connectivity index (χ1) is 7.78. The lowest BCUT2D eigenvalue weighted by atomic mass is 9.82. The number of hydrogen-bond acceptors (Lipinski definition) is 2. The van der Waals surface area contributed by atoms with Gasteiger partial charge in [-0.15, -0.1) is 0 Å². The fourth-order valence-electron chi connectivity index (χ4n) is 1.64. The zero-order valence-corrected chi connectivity index (χ0v) is 13.2. The third-order valence-electron chi connectivity index (χ3n) is 3.43. The number of carbonyl (C=O) groups is 1. The number of alkyl halides is 1. The summed E-state index contributed by atoms with van der Waals surface area (Å²) in [6.07, 6.45) is 0.168. The van der Waals surface area contributed by atoms with E-state index < -0.39 is 11.6 Å². The molecule has 0 bridgehead atoms. The van der Waals surface area contributed by atoms with Crippen LogP contribution in [0.1, 0.15) is 61.8 Å². The van der Waals surface area contributed by atoms with E-state index in [2.05, 4.69) is 13.8 Å². The highest BCUT2D eigenvalue weighted by molar-refractivity contribution is 5.79. The van der Waals surface area contributed by atoms with Gasteiger partial charge in [0.1, 0.15) is 0 Å². The minimum Gasteiger partial charge on any atom is -0.463 e. The Labute approximate surface area is 111 Å². The van der Waals surface area contributed by atoms with E-state index in [-0.39, 0.29) is 23.9 Å². The number of halogens is 1. The van der Waals surface area contributed by atoms with Crippen LogP contribution < -0.4 is 0 Å². The smallest absolute Gasteiger partial charge is 0.343 e. The lowest BCUT2D eigenvalue weighted by Gasteiger charge is -2.31. The molecule has 0 rings (SSSR count). The van der Waals surface area contributed by atoms with Crippen molar-refractivity contribution in [3.8, 4) is 0 Å². The Kier molecular flexibility index (Phi) is 5.39. The maximum absolute atomic E-state index is 14.3. The number of hydrogen-bond donors (Lipinski definition) is 0. The molecule has 0 aliphatic heterocycles. The summed E-state index contributed by atoms with van der Waals surface area (Å²) >= 11 is 0. The van der Waals surface area contributed by atoms with E-state index in [0.29, 0.717) is 5.92 Å². The first kappa shape index (κ1) is 17.4. The van der Waals surface area contributed by atoms with Gasteiger partial charge in [-0.25, -0.2) is 9.18 Å². The summed E-state index contributed by atoms with van der Waals surface area (Å²) in [6, 6.07) is 0. The zero-order valence-electron chi connectivity index (χ0n) is 13.2. The molecule has 0 aromatic carbocycles. The average molecular weight is 260 g/mol. The van der Waals surface area contributed by atoms with Gasteiger partial charge < -0.3 is 4.74 Å². The van der Waals surface area contributed by atoms with Crippen LogP contribution in [0.25, 0.3) is 0 Å². The van der Waals surface area contributed by atoms with Crippen molar-refractivity contribution in [2.75, 3.05) is 6.61 Å². The molecule has 0 aliphatic carbocycles. The summed E-state index contributed by atoms with van der Waals surface area (Å²) in [5.41, 5.74) is -2.28. The minimum absolute atomic E-state index is 0.131. The Balaban J connectivity index is 4.50. The maximum atomic E-state index is 14.3. The second-order valence-electron chi connectivity index (χ2n) is 7.65. The lowest BCUT2D eigenvalue weighted by Crippen LogP contribution is -2.38. The molecule has 0 heterocycles. The van der Waals surface area contributed by atoms with Crippen molar-refractivity contribution in [2.45, 2.75) is 67.5 Å². The molecule has 1 atom stereocenters. The predicted molar refractivity (Wildman–Crippen MR) is 73.2 cm³/mol. The highest BCUT2D eigenvalue weighted by atomic mass is 19.1. The second kappa shape index (κ2) is 5.58. The van der Waals surface area contributed by atoms with Crippen molar-refractivity contribution in [3.63, 3.8) is 0 Å². The number of carbonyl (C=O) groups excluding carboxylic acids is 1. The molecule has 108 valence electrons. The Morgan fingerprint density at radius 2 is 1.56 bits per heavy atom. The molecule has 0 saturated heterocycles. The van der Waals surface area contributed by atoms with Crippen molar-refractivity contribution in [2.24, 2.45) is 16.7 Å². The Hall–Kier alpha value is -0.600. The van der Waals surface area contributed by atoms with Crippen LogP contribution in [0.3, 0.4) is 0 Å². The summed E-state index contributed by atoms with van der Waals surface area (Å²) in [7, 11) is 0. The quantitative estimate of drug-likeness (QED) is 0.686. The normalized spacial score (nSPS) is 16.6. The van der Waals surface area contributed by atoms with Gasteiger partial charge in [-0.05, 0) is 24.7 Å². The summed E-state index contributed by atoms with van der Waals surface area (Å²) in [6.45, 7) is 15.5. The largest absolute Gasteiger partial charge is 0.463 e. The number of esters is 1. The Bertz CT molecular complexity index is 285. The van der Waals surface area contributed by atoms with Gasteiger partial charge in [-0.3, -0.25) is 0 Å². The van der Waals surface area contributed by atoms with Gasteiger partial charge in [0.15, 0.2) is 0 Å². The zero-order chi connectivity index (χ0) is 14.8. The average Bonchev–Trinajstić information content (AvgIpc) is 2.09. The van der Waals surface area contributed by atoms with Gasteiger partial charge in [0, 0.05) is 5.41 Å². The van der Waals surface area contributed by atoms with Gasteiger partial charge >= 0.3 is 5.97 Å². The van der Waals surface area contributed by atoms with E-state index in [1.807, 2.05) is 34.6 Å². The highest BCUT2D eigenvalue weighted by Crippen LogP contribution is 2.32. The van der Waals surface area contributed by atoms with Crippen molar-refractivity contribution in [1.29, 1.82) is 0 Å². The minimum atomic E-state index is -1.91. The summed E-state index contributed by atoms with van der Waals surface area (Å²) < 4.78 is 19.4. The van der Waals surface area contributed by atoms with E-state index >= 15 is 0 Å². The second-order valence-corrected chi connectivity index (χ2v) is 7.65. The molecular weight excluding hydrogens is 231 g/mol. The molecule has 1 unspecified atom stereocenters. The van der Waals surface area contributed by atoms with Crippen molar-refractivity contribution in [3.05, 3.63) is 0 Å². The maximum Gasteiger partial charge on any atom is 0.343 e. The van der Waals surface area contributed by atoms with Gasteiger partial charge in [0.2, 0.25) is 5.67 Å². The van der Waals surface area contributed by atoms with E-state index in [1.54, 1.807) is 0 Å². The van der Waals surface area contributed by atoms with Crippen LogP contribution in [0.4, 0.5) is 4.39 Å². The molecule has 0 amide bonds. The van der Waals surface area contributed by atoms with E-state index in [0.717, 1.165) is 0 Å². The van der Waals surface area contributed by atoms with Crippen LogP contribution in [0.15, 0.2) is 0 Å². The van der Waals surface area contributed by atoms with E-state index in [9.17, 15) is 9.18 Å². The van der Waals surface area contributed by atoms with Crippen LogP contribution in [0.5, 0.6) is 0 Å². The molecule has 0 N–H and O–H groups in total. The molecule has 0 aromatic heterocycles. The van der Waals surface area contributed by atoms with Gasteiger partial charge in [0.05, 0.1) is 6.61 Å². The first-order valence-electron chi connectivity index (χ1n) is 6.64. The van der Waals surface area contributed by atoms with Gasteiger partial charge in [0.25, 0.3) is 0 Å². The molecule has 0 fully saturated rings. The highest BCUT2D eigenvalue weighted by Gasteiger charge is 2.39. The fourth-order valence-corrected chi connectivity index (χ4v) is 1.64. The summed E-state index contributed by atoms with van der Waals surface area (Å²) in [5, 5.41) is 0. The Morgan fingerprint density at radius 3 is 1.89 bits per heavy atom. The summed E-state index contributed by atoms with van der Waals surface area (Å²) in [4.78, 5) is 11.8. The monoisotopic (exact) mass is 260 g/mol. The molecular formula is C15H29FO2. The number of rotatable bonds is 5. The van der Waals surface area contributed by atoms with Crippen LogP contribution in [-0.4, -0.2) is 18.2 Å². The Morgan fingerprint density at radius 1 is 1.11 bits per heavy atom. The van der Waals surface area contributed by atoms with Crippen LogP contribution in [-0.2, 0) is 9.53 Å². The van der Waals surface area contributed by atoms with E-state index in [4.69, 9.17) is 4.74 Å². The molecule has 0 aromatic rings. The fraction of sp³-hybridized carbons (Fsp3) is 0.933.